The molecule has 23 heavy (non-hydrogen) atoms. The molecule has 1 unspecified atom stereocenters. The van der Waals surface area contributed by atoms with Gasteiger partial charge in [-0.25, -0.2) is 4.98 Å². The smallest absolute Gasteiger partial charge is 0.264 e. The lowest BCUT2D eigenvalue weighted by Crippen LogP contribution is -2.27. The van der Waals surface area contributed by atoms with Gasteiger partial charge in [0.05, 0.1) is 17.6 Å². The molecule has 2 heterocycles. The Morgan fingerprint density at radius 1 is 1.30 bits per heavy atom. The van der Waals surface area contributed by atoms with Gasteiger partial charge in [0.25, 0.3) is 5.56 Å². The van der Waals surface area contributed by atoms with E-state index in [0.717, 1.165) is 33.7 Å². The fourth-order valence-electron chi connectivity index (χ4n) is 2.56. The molecule has 0 N–H and O–H groups in total. The number of alkyl halides is 1. The minimum Gasteiger partial charge on any atom is -0.292 e. The van der Waals surface area contributed by atoms with Gasteiger partial charge in [0.1, 0.15) is 5.82 Å². The third-order valence-corrected chi connectivity index (χ3v) is 5.76. The van der Waals surface area contributed by atoms with Gasteiger partial charge >= 0.3 is 0 Å². The fourth-order valence-corrected chi connectivity index (χ4v) is 3.58. The summed E-state index contributed by atoms with van der Waals surface area (Å²) in [6, 6.07) is 10.0. The van der Waals surface area contributed by atoms with Crippen molar-refractivity contribution in [3.8, 4) is 0 Å². The van der Waals surface area contributed by atoms with Crippen LogP contribution in [0.2, 0.25) is 0 Å². The van der Waals surface area contributed by atoms with Crippen LogP contribution in [0.4, 0.5) is 0 Å². The molecule has 4 nitrogen and oxygen atoms in total. The Kier molecular flexibility index (Phi) is 4.92. The maximum Gasteiger partial charge on any atom is 0.264 e. The van der Waals surface area contributed by atoms with Gasteiger partial charge < -0.3 is 0 Å². The minimum atomic E-state index is 0.0156. The molecule has 2 aromatic heterocycles. The molecule has 3 aromatic rings. The topological polar surface area (TPSA) is 47.8 Å². The molecule has 0 saturated heterocycles. The van der Waals surface area contributed by atoms with Gasteiger partial charge in [0, 0.05) is 11.8 Å². The average molecular weight is 392 g/mol. The molecule has 0 aliphatic heterocycles. The van der Waals surface area contributed by atoms with Crippen LogP contribution in [0, 0.1) is 12.8 Å². The number of rotatable bonds is 5. The van der Waals surface area contributed by atoms with Crippen molar-refractivity contribution < 1.29 is 0 Å². The monoisotopic (exact) mass is 391 g/mol. The first-order valence-electron chi connectivity index (χ1n) is 7.55. The summed E-state index contributed by atoms with van der Waals surface area (Å²) in [4.78, 5) is 18.5. The molecule has 0 fully saturated rings. The van der Waals surface area contributed by atoms with Crippen molar-refractivity contribution in [3.63, 3.8) is 0 Å². The molecule has 1 atom stereocenters. The molecular weight excluding hydrogens is 374 g/mol. The van der Waals surface area contributed by atoms with Crippen LogP contribution in [0.25, 0.3) is 10.2 Å². The van der Waals surface area contributed by atoms with E-state index in [-0.39, 0.29) is 5.56 Å². The van der Waals surface area contributed by atoms with Crippen molar-refractivity contribution in [2.75, 3.05) is 5.33 Å². The minimum absolute atomic E-state index is 0.0156. The largest absolute Gasteiger partial charge is 0.292 e. The Bertz CT molecular complexity index is 873. The average Bonchev–Trinajstić information content (AvgIpc) is 2.93. The van der Waals surface area contributed by atoms with Crippen molar-refractivity contribution >= 4 is 37.7 Å². The van der Waals surface area contributed by atoms with Crippen molar-refractivity contribution in [1.29, 1.82) is 0 Å². The summed E-state index contributed by atoms with van der Waals surface area (Å²) < 4.78 is 6.11. The highest BCUT2D eigenvalue weighted by Gasteiger charge is 2.17. The predicted molar refractivity (Wildman–Crippen MR) is 98.6 cm³/mol. The van der Waals surface area contributed by atoms with Crippen molar-refractivity contribution in [2.24, 2.45) is 5.92 Å². The summed E-state index contributed by atoms with van der Waals surface area (Å²) in [5.74, 6) is 1.25. The maximum absolute atomic E-state index is 13.0. The van der Waals surface area contributed by atoms with E-state index >= 15 is 0 Å². The molecule has 0 bridgehead atoms. The second-order valence-corrected chi connectivity index (χ2v) is 7.22. The zero-order chi connectivity index (χ0) is 16.4. The van der Waals surface area contributed by atoms with Crippen LogP contribution in [-0.2, 0) is 13.0 Å². The highest BCUT2D eigenvalue weighted by molar-refractivity contribution is 9.09. The third-order valence-electron chi connectivity index (χ3n) is 3.82. The zero-order valence-electron chi connectivity index (χ0n) is 13.1. The van der Waals surface area contributed by atoms with Crippen molar-refractivity contribution in [1.82, 2.24) is 13.9 Å². The number of hydrogen-bond acceptors (Lipinski definition) is 4. The highest BCUT2D eigenvalue weighted by Crippen LogP contribution is 2.19. The van der Waals surface area contributed by atoms with Crippen LogP contribution in [0.15, 0.2) is 35.1 Å². The van der Waals surface area contributed by atoms with Crippen LogP contribution in [0.5, 0.6) is 0 Å². The van der Waals surface area contributed by atoms with E-state index in [1.807, 2.05) is 37.3 Å². The molecule has 0 radical (unpaired) electrons. The lowest BCUT2D eigenvalue weighted by atomic mass is 10.1. The summed E-state index contributed by atoms with van der Waals surface area (Å²) in [6.45, 7) is 4.56. The van der Waals surface area contributed by atoms with E-state index < -0.39 is 0 Å². The number of aromatic nitrogens is 3. The van der Waals surface area contributed by atoms with Gasteiger partial charge in [-0.2, -0.15) is 4.37 Å². The molecule has 6 heteroatoms. The molecule has 0 aliphatic carbocycles. The summed E-state index contributed by atoms with van der Waals surface area (Å²) in [5, 5.41) is 1.54. The van der Waals surface area contributed by atoms with Crippen LogP contribution in [-0.4, -0.2) is 19.3 Å². The Morgan fingerprint density at radius 3 is 2.74 bits per heavy atom. The van der Waals surface area contributed by atoms with Gasteiger partial charge in [-0.05, 0) is 29.9 Å². The Labute approximate surface area is 147 Å². The Hall–Kier alpha value is -1.53. The van der Waals surface area contributed by atoms with Crippen molar-refractivity contribution in [3.05, 3.63) is 57.8 Å². The number of hydrogen-bond donors (Lipinski definition) is 0. The van der Waals surface area contributed by atoms with E-state index in [2.05, 4.69) is 27.2 Å². The lowest BCUT2D eigenvalue weighted by molar-refractivity contribution is 0.583. The zero-order valence-corrected chi connectivity index (χ0v) is 15.5. The van der Waals surface area contributed by atoms with Crippen LogP contribution in [0.1, 0.15) is 24.0 Å². The molecule has 0 spiro atoms. The first kappa shape index (κ1) is 16.3. The van der Waals surface area contributed by atoms with Crippen LogP contribution in [0.3, 0.4) is 0 Å². The molecule has 0 amide bonds. The maximum atomic E-state index is 13.0. The molecule has 3 rings (SSSR count). The van der Waals surface area contributed by atoms with Crippen LogP contribution >= 0.6 is 27.5 Å². The Morgan fingerprint density at radius 2 is 2.04 bits per heavy atom. The lowest BCUT2D eigenvalue weighted by Gasteiger charge is -2.15. The normalized spacial score (nSPS) is 12.7. The number of fused-ring (bicyclic) bond motifs is 1. The first-order chi connectivity index (χ1) is 11.1. The Balaban J connectivity index is 2.14. The highest BCUT2D eigenvalue weighted by atomic mass is 79.9. The number of halogens is 1. The van der Waals surface area contributed by atoms with Gasteiger partial charge in [-0.3, -0.25) is 9.36 Å². The summed E-state index contributed by atoms with van der Waals surface area (Å²) >= 11 is 4.82. The SMILES string of the molecule is Cc1nsc2nc(CC(C)CBr)n(Cc3ccccc3)c(=O)c12. The van der Waals surface area contributed by atoms with E-state index in [1.54, 1.807) is 4.57 Å². The van der Waals surface area contributed by atoms with E-state index in [0.29, 0.717) is 17.8 Å². The number of benzene rings is 1. The third kappa shape index (κ3) is 3.38. The molecule has 0 saturated carbocycles. The molecular formula is C17H18BrN3OS. The summed E-state index contributed by atoms with van der Waals surface area (Å²) in [5.41, 5.74) is 1.88. The van der Waals surface area contributed by atoms with Crippen molar-refractivity contribution in [2.45, 2.75) is 26.8 Å². The van der Waals surface area contributed by atoms with E-state index in [9.17, 15) is 4.79 Å². The number of aryl methyl sites for hydroxylation is 1. The molecule has 0 aliphatic rings. The first-order valence-corrected chi connectivity index (χ1v) is 9.45. The standard InChI is InChI=1S/C17H18BrN3OS/c1-11(9-18)8-14-19-16-15(12(2)20-23-16)17(22)21(14)10-13-6-4-3-5-7-13/h3-7,11H,8-10H2,1-2H3. The second-order valence-electron chi connectivity index (χ2n) is 5.82. The number of nitrogens with zero attached hydrogens (tertiary/aromatic N) is 3. The fraction of sp³-hybridized carbons (Fsp3) is 0.353. The van der Waals surface area contributed by atoms with Gasteiger partial charge in [-0.1, -0.05) is 53.2 Å². The molecule has 1 aromatic carbocycles. The summed E-state index contributed by atoms with van der Waals surface area (Å²) in [7, 11) is 0. The quantitative estimate of drug-likeness (QED) is 0.621. The van der Waals surface area contributed by atoms with E-state index in [4.69, 9.17) is 4.98 Å². The van der Waals surface area contributed by atoms with Gasteiger partial charge in [0.2, 0.25) is 0 Å². The summed E-state index contributed by atoms with van der Waals surface area (Å²) in [6.07, 6.45) is 0.764. The molecule has 120 valence electrons. The van der Waals surface area contributed by atoms with Crippen LogP contribution < -0.4 is 5.56 Å². The van der Waals surface area contributed by atoms with Gasteiger partial charge in [0.15, 0.2) is 4.83 Å². The second kappa shape index (κ2) is 6.93. The van der Waals surface area contributed by atoms with E-state index in [1.165, 1.54) is 11.5 Å². The predicted octanol–water partition coefficient (Wildman–Crippen LogP) is 3.78. The van der Waals surface area contributed by atoms with Gasteiger partial charge in [-0.15, -0.1) is 0 Å².